The Labute approximate surface area is 124 Å². The Bertz CT molecular complexity index is 931. The summed E-state index contributed by atoms with van der Waals surface area (Å²) >= 11 is 5.11. The number of pyridine rings is 1. The molecule has 0 aliphatic heterocycles. The molecule has 2 heterocycles. The normalized spacial score (nSPS) is 10.5. The summed E-state index contributed by atoms with van der Waals surface area (Å²) in [4.78, 5) is 31.2. The van der Waals surface area contributed by atoms with Crippen LogP contribution in [0.15, 0.2) is 53.6 Å². The van der Waals surface area contributed by atoms with Gasteiger partial charge in [-0.05, 0) is 36.5 Å². The van der Waals surface area contributed by atoms with Gasteiger partial charge in [0.25, 0.3) is 11.5 Å². The third kappa shape index (κ3) is 2.46. The van der Waals surface area contributed by atoms with Crippen molar-refractivity contribution >= 4 is 29.0 Å². The van der Waals surface area contributed by atoms with E-state index in [4.69, 9.17) is 12.2 Å². The first-order valence-corrected chi connectivity index (χ1v) is 6.53. The smallest absolute Gasteiger partial charge is 0.281 e. The van der Waals surface area contributed by atoms with E-state index in [-0.39, 0.29) is 10.3 Å². The molecule has 0 radical (unpaired) electrons. The van der Waals surface area contributed by atoms with E-state index in [1.807, 2.05) is 0 Å². The number of rotatable bonds is 2. The standard InChI is InChI=1S/C14H10N4O2S/c19-12(9-4-3-7-15-8-9)17-18-13(20)10-5-1-2-6-11(10)16-14(18)21/h1-8H,(H,16,21)(H,17,19). The lowest BCUT2D eigenvalue weighted by Crippen LogP contribution is -2.34. The highest BCUT2D eigenvalue weighted by Crippen LogP contribution is 2.05. The molecular formula is C14H10N4O2S. The zero-order chi connectivity index (χ0) is 14.8. The van der Waals surface area contributed by atoms with Crippen molar-refractivity contribution in [3.8, 4) is 0 Å². The molecule has 3 rings (SSSR count). The van der Waals surface area contributed by atoms with E-state index < -0.39 is 5.91 Å². The zero-order valence-electron chi connectivity index (χ0n) is 10.7. The van der Waals surface area contributed by atoms with Crippen molar-refractivity contribution in [1.29, 1.82) is 0 Å². The highest BCUT2D eigenvalue weighted by atomic mass is 32.1. The number of carbonyl (C=O) groups is 1. The Balaban J connectivity index is 2.08. The summed E-state index contributed by atoms with van der Waals surface area (Å²) in [6.07, 6.45) is 2.97. The second-order valence-electron chi connectivity index (χ2n) is 4.30. The van der Waals surface area contributed by atoms with Gasteiger partial charge in [-0.3, -0.25) is 20.0 Å². The summed E-state index contributed by atoms with van der Waals surface area (Å²) < 4.78 is 1.14. The lowest BCUT2D eigenvalue weighted by molar-refractivity contribution is 0.101. The van der Waals surface area contributed by atoms with Crippen LogP contribution in [0.1, 0.15) is 10.4 Å². The van der Waals surface area contributed by atoms with Crippen molar-refractivity contribution in [2.45, 2.75) is 0 Å². The number of H-pyrrole nitrogens is 1. The highest BCUT2D eigenvalue weighted by molar-refractivity contribution is 7.71. The van der Waals surface area contributed by atoms with Gasteiger partial charge in [-0.1, -0.05) is 12.1 Å². The van der Waals surface area contributed by atoms with Crippen molar-refractivity contribution in [2.75, 3.05) is 5.43 Å². The molecule has 2 N–H and O–H groups in total. The molecule has 0 fully saturated rings. The van der Waals surface area contributed by atoms with Crippen LogP contribution in [-0.2, 0) is 0 Å². The molecule has 0 unspecified atom stereocenters. The van der Waals surface area contributed by atoms with Crippen LogP contribution >= 0.6 is 12.2 Å². The summed E-state index contributed by atoms with van der Waals surface area (Å²) in [6, 6.07) is 10.2. The molecule has 104 valence electrons. The minimum absolute atomic E-state index is 0.121. The van der Waals surface area contributed by atoms with Gasteiger partial charge in [0.15, 0.2) is 4.77 Å². The second kappa shape index (κ2) is 5.29. The number of nitrogens with one attached hydrogen (secondary N) is 2. The van der Waals surface area contributed by atoms with Crippen molar-refractivity contribution in [2.24, 2.45) is 0 Å². The lowest BCUT2D eigenvalue weighted by atomic mass is 10.2. The number of benzene rings is 1. The van der Waals surface area contributed by atoms with Gasteiger partial charge in [0.05, 0.1) is 16.5 Å². The largest absolute Gasteiger partial charge is 0.330 e. The van der Waals surface area contributed by atoms with E-state index in [9.17, 15) is 9.59 Å². The minimum Gasteiger partial charge on any atom is -0.330 e. The van der Waals surface area contributed by atoms with Gasteiger partial charge in [-0.2, -0.15) is 4.68 Å². The molecule has 0 atom stereocenters. The monoisotopic (exact) mass is 298 g/mol. The van der Waals surface area contributed by atoms with Gasteiger partial charge in [0, 0.05) is 12.4 Å². The molecule has 21 heavy (non-hydrogen) atoms. The van der Waals surface area contributed by atoms with Crippen LogP contribution in [0.4, 0.5) is 0 Å². The molecule has 0 bridgehead atoms. The summed E-state index contributed by atoms with van der Waals surface area (Å²) in [5.41, 5.74) is 3.06. The van der Waals surface area contributed by atoms with Gasteiger partial charge < -0.3 is 4.98 Å². The SMILES string of the molecule is O=C(Nn1c(=S)[nH]c2ccccc2c1=O)c1cccnc1. The number of hydrogen-bond donors (Lipinski definition) is 2. The number of hydrogen-bond acceptors (Lipinski definition) is 4. The van der Waals surface area contributed by atoms with E-state index >= 15 is 0 Å². The Morgan fingerprint density at radius 2 is 2.05 bits per heavy atom. The Hall–Kier alpha value is -2.80. The molecule has 0 aliphatic carbocycles. The van der Waals surface area contributed by atoms with Crippen LogP contribution in [0, 0.1) is 4.77 Å². The van der Waals surface area contributed by atoms with E-state index in [2.05, 4.69) is 15.4 Å². The van der Waals surface area contributed by atoms with Crippen LogP contribution in [0.3, 0.4) is 0 Å². The van der Waals surface area contributed by atoms with Crippen LogP contribution in [0.25, 0.3) is 10.9 Å². The van der Waals surface area contributed by atoms with E-state index in [1.54, 1.807) is 42.6 Å². The molecule has 2 aromatic heterocycles. The molecule has 0 aliphatic rings. The summed E-state index contributed by atoms with van der Waals surface area (Å²) in [5.74, 6) is -0.458. The van der Waals surface area contributed by atoms with Crippen LogP contribution in [0.2, 0.25) is 0 Å². The van der Waals surface area contributed by atoms with Crippen molar-refractivity contribution in [3.63, 3.8) is 0 Å². The number of aromatic nitrogens is 3. The lowest BCUT2D eigenvalue weighted by Gasteiger charge is -2.09. The van der Waals surface area contributed by atoms with Crippen LogP contribution in [0.5, 0.6) is 0 Å². The third-order valence-corrected chi connectivity index (χ3v) is 3.23. The van der Waals surface area contributed by atoms with Gasteiger partial charge in [0.2, 0.25) is 0 Å². The summed E-state index contributed by atoms with van der Waals surface area (Å²) in [7, 11) is 0. The predicted octanol–water partition coefficient (Wildman–Crippen LogP) is 1.84. The third-order valence-electron chi connectivity index (χ3n) is 2.94. The number of para-hydroxylation sites is 1. The molecule has 0 saturated carbocycles. The average molecular weight is 298 g/mol. The topological polar surface area (TPSA) is 79.8 Å². The quantitative estimate of drug-likeness (QED) is 0.707. The summed E-state index contributed by atoms with van der Waals surface area (Å²) in [6.45, 7) is 0. The van der Waals surface area contributed by atoms with E-state index in [1.165, 1.54) is 6.20 Å². The number of aromatic amines is 1. The van der Waals surface area contributed by atoms with Gasteiger partial charge >= 0.3 is 0 Å². The second-order valence-corrected chi connectivity index (χ2v) is 4.69. The van der Waals surface area contributed by atoms with Crippen molar-refractivity contribution < 1.29 is 4.79 Å². The molecule has 3 aromatic rings. The number of nitrogens with zero attached hydrogens (tertiary/aromatic N) is 2. The number of amides is 1. The summed E-state index contributed by atoms with van der Waals surface area (Å²) in [5, 5.41) is 0.442. The Morgan fingerprint density at radius 3 is 2.81 bits per heavy atom. The first kappa shape index (κ1) is 13.2. The van der Waals surface area contributed by atoms with Gasteiger partial charge in [-0.15, -0.1) is 0 Å². The average Bonchev–Trinajstić information content (AvgIpc) is 2.52. The molecular weight excluding hydrogens is 288 g/mol. The molecule has 6 nitrogen and oxygen atoms in total. The van der Waals surface area contributed by atoms with E-state index in [0.717, 1.165) is 4.68 Å². The van der Waals surface area contributed by atoms with Gasteiger partial charge in [-0.25, -0.2) is 0 Å². The Kier molecular flexibility index (Phi) is 3.33. The molecule has 1 aromatic carbocycles. The van der Waals surface area contributed by atoms with Crippen molar-refractivity contribution in [1.82, 2.24) is 14.6 Å². The maximum atomic E-state index is 12.4. The first-order valence-electron chi connectivity index (χ1n) is 6.12. The minimum atomic E-state index is -0.458. The fraction of sp³-hybridized carbons (Fsp3) is 0. The van der Waals surface area contributed by atoms with Crippen molar-refractivity contribution in [3.05, 3.63) is 69.5 Å². The highest BCUT2D eigenvalue weighted by Gasteiger charge is 2.10. The van der Waals surface area contributed by atoms with Gasteiger partial charge in [0.1, 0.15) is 0 Å². The zero-order valence-corrected chi connectivity index (χ0v) is 11.6. The fourth-order valence-corrected chi connectivity index (χ4v) is 2.17. The first-order chi connectivity index (χ1) is 10.2. The maximum Gasteiger partial charge on any atom is 0.281 e. The fourth-order valence-electron chi connectivity index (χ4n) is 1.93. The molecule has 0 spiro atoms. The Morgan fingerprint density at radius 1 is 1.24 bits per heavy atom. The number of carbonyl (C=O) groups excluding carboxylic acids is 1. The predicted molar refractivity (Wildman–Crippen MR) is 81.3 cm³/mol. The molecule has 1 amide bonds. The van der Waals surface area contributed by atoms with E-state index in [0.29, 0.717) is 16.5 Å². The maximum absolute atomic E-state index is 12.4. The number of fused-ring (bicyclic) bond motifs is 1. The molecule has 0 saturated heterocycles. The molecule has 7 heteroatoms. The van der Waals surface area contributed by atoms with Crippen LogP contribution in [-0.4, -0.2) is 20.6 Å². The van der Waals surface area contributed by atoms with Crippen LogP contribution < -0.4 is 11.0 Å².